The molecule has 0 saturated carbocycles. The lowest BCUT2D eigenvalue weighted by Gasteiger charge is -2.40. The molecular weight excluding hydrogens is 497 g/mol. The van der Waals surface area contributed by atoms with Crippen molar-refractivity contribution >= 4 is 51.1 Å². The van der Waals surface area contributed by atoms with E-state index in [1.165, 1.54) is 19.1 Å². The molecule has 0 spiro atoms. The summed E-state index contributed by atoms with van der Waals surface area (Å²) in [5, 5.41) is 3.24. The Kier molecular flexibility index (Phi) is 6.98. The summed E-state index contributed by atoms with van der Waals surface area (Å²) in [5.74, 6) is -0.469. The van der Waals surface area contributed by atoms with E-state index in [4.69, 9.17) is 11.6 Å². The van der Waals surface area contributed by atoms with E-state index in [0.717, 1.165) is 38.0 Å². The highest BCUT2D eigenvalue weighted by Crippen LogP contribution is 2.33. The summed E-state index contributed by atoms with van der Waals surface area (Å²) < 4.78 is 13.9. The van der Waals surface area contributed by atoms with Crippen LogP contribution in [0, 0.1) is 5.82 Å². The van der Waals surface area contributed by atoms with E-state index in [2.05, 4.69) is 26.1 Å². The largest absolute Gasteiger partial charge is 0.331 e. The summed E-state index contributed by atoms with van der Waals surface area (Å²) in [6.07, 6.45) is 5.25. The maximum Gasteiger partial charge on any atom is 0.247 e. The van der Waals surface area contributed by atoms with Gasteiger partial charge >= 0.3 is 0 Å². The number of fused-ring (bicyclic) bond motifs is 2. The van der Waals surface area contributed by atoms with Crippen LogP contribution in [-0.4, -0.2) is 46.8 Å². The number of amides is 2. The molecule has 1 N–H and O–H groups in total. The molecule has 2 atom stereocenters. The first kappa shape index (κ1) is 23.0. The molecule has 2 aliphatic rings. The van der Waals surface area contributed by atoms with E-state index in [0.29, 0.717) is 20.7 Å². The van der Waals surface area contributed by atoms with Gasteiger partial charge in [0.2, 0.25) is 11.8 Å². The molecular formula is C24H24BrClFN3O2. The van der Waals surface area contributed by atoms with Crippen LogP contribution >= 0.6 is 27.5 Å². The van der Waals surface area contributed by atoms with Crippen LogP contribution in [0.1, 0.15) is 30.9 Å². The van der Waals surface area contributed by atoms with Gasteiger partial charge in [-0.25, -0.2) is 4.39 Å². The number of rotatable bonds is 5. The SMILES string of the molecule is CC(=O)Nc1cc(Cl)c(Br)cc1/C=C/C(=O)N1C2CCC1CN(Cc1ccc(F)cc1)C2. The van der Waals surface area contributed by atoms with Crippen molar-refractivity contribution < 1.29 is 14.0 Å². The fourth-order valence-electron chi connectivity index (χ4n) is 4.57. The third-order valence-electron chi connectivity index (χ3n) is 5.94. The minimum absolute atomic E-state index is 0.0289. The summed E-state index contributed by atoms with van der Waals surface area (Å²) in [6, 6.07) is 10.4. The third kappa shape index (κ3) is 5.22. The minimum Gasteiger partial charge on any atom is -0.331 e. The quantitative estimate of drug-likeness (QED) is 0.559. The van der Waals surface area contributed by atoms with Gasteiger partial charge in [0, 0.05) is 54.9 Å². The smallest absolute Gasteiger partial charge is 0.247 e. The molecule has 5 nitrogen and oxygen atoms in total. The van der Waals surface area contributed by atoms with Crippen LogP contribution in [0.4, 0.5) is 10.1 Å². The maximum atomic E-state index is 13.2. The molecule has 2 bridgehead atoms. The fraction of sp³-hybridized carbons (Fsp3) is 0.333. The zero-order valence-electron chi connectivity index (χ0n) is 17.7. The second-order valence-electron chi connectivity index (χ2n) is 8.32. The molecule has 0 aliphatic carbocycles. The predicted molar refractivity (Wildman–Crippen MR) is 128 cm³/mol. The Morgan fingerprint density at radius 2 is 1.84 bits per heavy atom. The Morgan fingerprint density at radius 3 is 2.47 bits per heavy atom. The van der Waals surface area contributed by atoms with Crippen LogP contribution in [0.3, 0.4) is 0 Å². The lowest BCUT2D eigenvalue weighted by Crippen LogP contribution is -2.55. The summed E-state index contributed by atoms with van der Waals surface area (Å²) in [7, 11) is 0. The molecule has 2 aliphatic heterocycles. The number of piperazine rings is 1. The van der Waals surface area contributed by atoms with Crippen LogP contribution in [0.2, 0.25) is 5.02 Å². The second-order valence-corrected chi connectivity index (χ2v) is 9.58. The summed E-state index contributed by atoms with van der Waals surface area (Å²) in [4.78, 5) is 28.9. The van der Waals surface area contributed by atoms with Crippen LogP contribution in [0.25, 0.3) is 6.08 Å². The summed E-state index contributed by atoms with van der Waals surface area (Å²) in [5.41, 5.74) is 2.33. The summed E-state index contributed by atoms with van der Waals surface area (Å²) in [6.45, 7) is 3.79. The Labute approximate surface area is 200 Å². The van der Waals surface area contributed by atoms with E-state index >= 15 is 0 Å². The number of halogens is 3. The van der Waals surface area contributed by atoms with Crippen molar-refractivity contribution in [1.29, 1.82) is 0 Å². The lowest BCUT2D eigenvalue weighted by molar-refractivity contribution is -0.131. The van der Waals surface area contributed by atoms with Crippen molar-refractivity contribution in [2.24, 2.45) is 0 Å². The van der Waals surface area contributed by atoms with Gasteiger partial charge in [0.25, 0.3) is 0 Å². The van der Waals surface area contributed by atoms with Crippen molar-refractivity contribution in [3.8, 4) is 0 Å². The molecule has 2 heterocycles. The van der Waals surface area contributed by atoms with E-state index in [1.807, 2.05) is 17.0 Å². The van der Waals surface area contributed by atoms with Crippen LogP contribution in [0.5, 0.6) is 0 Å². The Hall–Kier alpha value is -2.22. The van der Waals surface area contributed by atoms with Crippen LogP contribution < -0.4 is 5.32 Å². The molecule has 2 unspecified atom stereocenters. The van der Waals surface area contributed by atoms with Gasteiger partial charge in [-0.15, -0.1) is 0 Å². The Balaban J connectivity index is 1.45. The van der Waals surface area contributed by atoms with Crippen molar-refractivity contribution in [2.45, 2.75) is 38.4 Å². The average molecular weight is 521 g/mol. The molecule has 2 saturated heterocycles. The third-order valence-corrected chi connectivity index (χ3v) is 7.14. The highest BCUT2D eigenvalue weighted by Gasteiger charge is 2.41. The van der Waals surface area contributed by atoms with Gasteiger partial charge in [-0.05, 0) is 70.2 Å². The van der Waals surface area contributed by atoms with Gasteiger partial charge in [0.1, 0.15) is 5.82 Å². The monoisotopic (exact) mass is 519 g/mol. The van der Waals surface area contributed by atoms with Gasteiger partial charge in [-0.2, -0.15) is 0 Å². The maximum absolute atomic E-state index is 13.2. The number of nitrogens with one attached hydrogen (secondary N) is 1. The molecule has 2 aromatic carbocycles. The number of benzene rings is 2. The highest BCUT2D eigenvalue weighted by molar-refractivity contribution is 9.10. The van der Waals surface area contributed by atoms with Crippen LogP contribution in [-0.2, 0) is 16.1 Å². The summed E-state index contributed by atoms with van der Waals surface area (Å²) >= 11 is 9.56. The first-order valence-corrected chi connectivity index (χ1v) is 11.7. The standard InChI is InChI=1S/C24H24BrClFN3O2/c1-15(31)28-23-11-22(26)21(25)10-17(23)4-9-24(32)30-19-7-8-20(30)14-29(13-19)12-16-2-5-18(27)6-3-16/h2-6,9-11,19-20H,7-8,12-14H2,1H3,(H,28,31)/b9-4+. The molecule has 0 radical (unpaired) electrons. The minimum atomic E-state index is -0.231. The average Bonchev–Trinajstić information content (AvgIpc) is 3.01. The fourth-order valence-corrected chi connectivity index (χ4v) is 5.10. The lowest BCUT2D eigenvalue weighted by atomic mass is 10.1. The first-order valence-electron chi connectivity index (χ1n) is 10.5. The molecule has 168 valence electrons. The normalized spacial score (nSPS) is 20.7. The molecule has 32 heavy (non-hydrogen) atoms. The van der Waals surface area contributed by atoms with Gasteiger partial charge in [-0.1, -0.05) is 23.7 Å². The molecule has 2 aromatic rings. The van der Waals surface area contributed by atoms with E-state index < -0.39 is 0 Å². The number of hydrogen-bond acceptors (Lipinski definition) is 3. The molecule has 2 amide bonds. The number of carbonyl (C=O) groups excluding carboxylic acids is 2. The number of anilines is 1. The molecule has 2 fully saturated rings. The van der Waals surface area contributed by atoms with Gasteiger partial charge < -0.3 is 10.2 Å². The predicted octanol–water partition coefficient (Wildman–Crippen LogP) is 5.09. The number of hydrogen-bond donors (Lipinski definition) is 1. The van der Waals surface area contributed by atoms with Crippen LogP contribution in [0.15, 0.2) is 46.9 Å². The van der Waals surface area contributed by atoms with E-state index in [-0.39, 0.29) is 29.7 Å². The highest BCUT2D eigenvalue weighted by atomic mass is 79.9. The van der Waals surface area contributed by atoms with Crippen molar-refractivity contribution in [2.75, 3.05) is 18.4 Å². The van der Waals surface area contributed by atoms with Crippen molar-refractivity contribution in [3.63, 3.8) is 0 Å². The van der Waals surface area contributed by atoms with Crippen molar-refractivity contribution in [3.05, 3.63) is 68.9 Å². The topological polar surface area (TPSA) is 52.7 Å². The number of carbonyl (C=O) groups is 2. The first-order chi connectivity index (χ1) is 15.3. The van der Waals surface area contributed by atoms with E-state index in [9.17, 15) is 14.0 Å². The van der Waals surface area contributed by atoms with Gasteiger partial charge in [0.05, 0.1) is 5.02 Å². The number of nitrogens with zero attached hydrogens (tertiary/aromatic N) is 2. The second kappa shape index (κ2) is 9.73. The zero-order chi connectivity index (χ0) is 22.8. The van der Waals surface area contributed by atoms with E-state index in [1.54, 1.807) is 24.3 Å². The molecule has 4 rings (SSSR count). The van der Waals surface area contributed by atoms with Gasteiger partial charge in [-0.3, -0.25) is 14.5 Å². The molecule has 0 aromatic heterocycles. The number of likely N-dealkylation sites (tertiary alicyclic amines) is 1. The Bertz CT molecular complexity index is 1050. The van der Waals surface area contributed by atoms with Gasteiger partial charge in [0.15, 0.2) is 0 Å². The zero-order valence-corrected chi connectivity index (χ0v) is 20.0. The Morgan fingerprint density at radius 1 is 1.19 bits per heavy atom. The molecule has 8 heteroatoms. The van der Waals surface area contributed by atoms with Crippen molar-refractivity contribution in [1.82, 2.24) is 9.80 Å².